The maximum Gasteiger partial charge on any atom is 0.325 e. The number of rotatable bonds is 5. The Labute approximate surface area is 121 Å². The van der Waals surface area contributed by atoms with Crippen LogP contribution >= 0.6 is 0 Å². The third-order valence-corrected chi connectivity index (χ3v) is 3.19. The zero-order valence-electron chi connectivity index (χ0n) is 11.8. The van der Waals surface area contributed by atoms with Crippen LogP contribution in [0.15, 0.2) is 30.5 Å². The van der Waals surface area contributed by atoms with Gasteiger partial charge >= 0.3 is 5.97 Å². The van der Waals surface area contributed by atoms with Crippen molar-refractivity contribution in [2.24, 2.45) is 0 Å². The van der Waals surface area contributed by atoms with Crippen LogP contribution in [0.2, 0.25) is 0 Å². The smallest absolute Gasteiger partial charge is 0.325 e. The van der Waals surface area contributed by atoms with Gasteiger partial charge in [0, 0.05) is 29.9 Å². The second kappa shape index (κ2) is 6.17. The standard InChI is InChI=1S/C14H15N3O4/c1-3-16(9-13(18)21-2)11-6-7-12(17(19)20)14-10(11)5-4-8-15-14/h4-8H,3,9H2,1-2H3. The van der Waals surface area contributed by atoms with Gasteiger partial charge in [-0.2, -0.15) is 0 Å². The third-order valence-electron chi connectivity index (χ3n) is 3.19. The van der Waals surface area contributed by atoms with Crippen LogP contribution < -0.4 is 4.90 Å². The second-order valence-corrected chi connectivity index (χ2v) is 4.35. The summed E-state index contributed by atoms with van der Waals surface area (Å²) in [5, 5.41) is 11.7. The molecule has 0 aliphatic heterocycles. The molecular weight excluding hydrogens is 274 g/mol. The number of hydrogen-bond donors (Lipinski definition) is 0. The van der Waals surface area contributed by atoms with Crippen molar-refractivity contribution in [2.45, 2.75) is 6.92 Å². The van der Waals surface area contributed by atoms with Crippen molar-refractivity contribution in [1.82, 2.24) is 4.98 Å². The lowest BCUT2D eigenvalue weighted by atomic mass is 10.1. The van der Waals surface area contributed by atoms with Gasteiger partial charge in [-0.25, -0.2) is 4.98 Å². The molecule has 110 valence electrons. The highest BCUT2D eigenvalue weighted by atomic mass is 16.6. The summed E-state index contributed by atoms with van der Waals surface area (Å²) in [6.07, 6.45) is 1.51. The molecule has 7 heteroatoms. The number of aromatic nitrogens is 1. The molecule has 0 bridgehead atoms. The van der Waals surface area contributed by atoms with E-state index in [-0.39, 0.29) is 18.2 Å². The normalized spacial score (nSPS) is 10.4. The van der Waals surface area contributed by atoms with Gasteiger partial charge in [-0.3, -0.25) is 14.9 Å². The van der Waals surface area contributed by atoms with Gasteiger partial charge in [-0.1, -0.05) is 0 Å². The minimum atomic E-state index is -0.463. The van der Waals surface area contributed by atoms with E-state index in [4.69, 9.17) is 0 Å². The second-order valence-electron chi connectivity index (χ2n) is 4.35. The van der Waals surface area contributed by atoms with Gasteiger partial charge in [-0.05, 0) is 25.1 Å². The summed E-state index contributed by atoms with van der Waals surface area (Å²) >= 11 is 0. The number of pyridine rings is 1. The van der Waals surface area contributed by atoms with Gasteiger partial charge in [0.15, 0.2) is 0 Å². The summed E-state index contributed by atoms with van der Waals surface area (Å²) < 4.78 is 4.67. The molecule has 0 saturated carbocycles. The minimum absolute atomic E-state index is 0.0523. The molecule has 0 saturated heterocycles. The number of non-ortho nitro benzene ring substituents is 1. The van der Waals surface area contributed by atoms with Crippen molar-refractivity contribution in [3.8, 4) is 0 Å². The van der Waals surface area contributed by atoms with Gasteiger partial charge in [0.05, 0.1) is 12.0 Å². The zero-order chi connectivity index (χ0) is 15.4. The van der Waals surface area contributed by atoms with Crippen molar-refractivity contribution >= 4 is 28.2 Å². The summed E-state index contributed by atoms with van der Waals surface area (Å²) in [6.45, 7) is 2.54. The van der Waals surface area contributed by atoms with Crippen molar-refractivity contribution in [2.75, 3.05) is 25.1 Å². The summed E-state index contributed by atoms with van der Waals surface area (Å²) in [4.78, 5) is 28.0. The third kappa shape index (κ3) is 2.91. The van der Waals surface area contributed by atoms with Crippen LogP contribution in [-0.4, -0.2) is 36.1 Å². The Morgan fingerprint density at radius 2 is 2.19 bits per heavy atom. The molecule has 0 radical (unpaired) electrons. The Kier molecular flexibility index (Phi) is 4.32. The number of fused-ring (bicyclic) bond motifs is 1. The molecule has 2 aromatic rings. The number of methoxy groups -OCH3 is 1. The first-order valence-electron chi connectivity index (χ1n) is 6.42. The highest BCUT2D eigenvalue weighted by Gasteiger charge is 2.19. The number of nitro benzene ring substituents is 1. The van der Waals surface area contributed by atoms with E-state index < -0.39 is 4.92 Å². The van der Waals surface area contributed by atoms with Crippen LogP contribution in [0.1, 0.15) is 6.92 Å². The van der Waals surface area contributed by atoms with Gasteiger partial charge in [0.2, 0.25) is 0 Å². The van der Waals surface area contributed by atoms with E-state index in [0.29, 0.717) is 17.4 Å². The number of likely N-dealkylation sites (N-methyl/N-ethyl adjacent to an activating group) is 1. The monoisotopic (exact) mass is 289 g/mol. The minimum Gasteiger partial charge on any atom is -0.468 e. The van der Waals surface area contributed by atoms with E-state index in [1.165, 1.54) is 19.4 Å². The topological polar surface area (TPSA) is 85.6 Å². The van der Waals surface area contributed by atoms with Crippen molar-refractivity contribution in [1.29, 1.82) is 0 Å². The van der Waals surface area contributed by atoms with Gasteiger partial charge < -0.3 is 9.64 Å². The summed E-state index contributed by atoms with van der Waals surface area (Å²) in [5.74, 6) is -0.368. The number of nitro groups is 1. The van der Waals surface area contributed by atoms with Crippen molar-refractivity contribution in [3.63, 3.8) is 0 Å². The number of benzene rings is 1. The van der Waals surface area contributed by atoms with Gasteiger partial charge in [0.1, 0.15) is 12.1 Å². The van der Waals surface area contributed by atoms with E-state index in [1.807, 2.05) is 6.92 Å². The van der Waals surface area contributed by atoms with E-state index in [1.54, 1.807) is 23.1 Å². The molecule has 0 unspecified atom stereocenters. The Balaban J connectivity index is 2.56. The number of hydrogen-bond acceptors (Lipinski definition) is 6. The molecule has 1 aromatic carbocycles. The first-order valence-corrected chi connectivity index (χ1v) is 6.42. The van der Waals surface area contributed by atoms with Crippen LogP contribution in [0, 0.1) is 10.1 Å². The Morgan fingerprint density at radius 3 is 2.81 bits per heavy atom. The number of esters is 1. The van der Waals surface area contributed by atoms with Crippen molar-refractivity contribution in [3.05, 3.63) is 40.6 Å². The lowest BCUT2D eigenvalue weighted by Crippen LogP contribution is -2.30. The number of anilines is 1. The van der Waals surface area contributed by atoms with Gasteiger partial charge in [-0.15, -0.1) is 0 Å². The Morgan fingerprint density at radius 1 is 1.43 bits per heavy atom. The molecular formula is C14H15N3O4. The molecule has 0 aliphatic rings. The van der Waals surface area contributed by atoms with E-state index >= 15 is 0 Å². The SMILES string of the molecule is CCN(CC(=O)OC)c1ccc([N+](=O)[O-])c2ncccc12. The molecule has 0 aliphatic carbocycles. The molecule has 0 atom stereocenters. The van der Waals surface area contributed by atoms with Gasteiger partial charge in [0.25, 0.3) is 5.69 Å². The van der Waals surface area contributed by atoms with Crippen molar-refractivity contribution < 1.29 is 14.5 Å². The fourth-order valence-corrected chi connectivity index (χ4v) is 2.15. The van der Waals surface area contributed by atoms with E-state index in [9.17, 15) is 14.9 Å². The number of carbonyl (C=O) groups is 1. The number of nitrogens with zero attached hydrogens (tertiary/aromatic N) is 3. The number of ether oxygens (including phenoxy) is 1. The molecule has 0 N–H and O–H groups in total. The van der Waals surface area contributed by atoms with Crippen LogP contribution in [-0.2, 0) is 9.53 Å². The fourth-order valence-electron chi connectivity index (χ4n) is 2.15. The molecule has 1 aromatic heterocycles. The average Bonchev–Trinajstić information content (AvgIpc) is 2.51. The fraction of sp³-hybridized carbons (Fsp3) is 0.286. The molecule has 0 amide bonds. The zero-order valence-corrected chi connectivity index (χ0v) is 11.8. The summed E-state index contributed by atoms with van der Waals surface area (Å²) in [5.41, 5.74) is 0.975. The molecule has 0 spiro atoms. The first-order chi connectivity index (χ1) is 10.1. The quantitative estimate of drug-likeness (QED) is 0.476. The molecule has 2 rings (SSSR count). The molecule has 7 nitrogen and oxygen atoms in total. The summed E-state index contributed by atoms with van der Waals surface area (Å²) in [7, 11) is 1.33. The predicted molar refractivity (Wildman–Crippen MR) is 78.3 cm³/mol. The van der Waals surface area contributed by atoms with Crippen LogP contribution in [0.5, 0.6) is 0 Å². The van der Waals surface area contributed by atoms with E-state index in [0.717, 1.165) is 5.69 Å². The van der Waals surface area contributed by atoms with Crippen LogP contribution in [0.25, 0.3) is 10.9 Å². The first kappa shape index (κ1) is 14.7. The van der Waals surface area contributed by atoms with E-state index in [2.05, 4.69) is 9.72 Å². The molecule has 21 heavy (non-hydrogen) atoms. The maximum atomic E-state index is 11.5. The summed E-state index contributed by atoms with van der Waals surface area (Å²) in [6, 6.07) is 6.51. The van der Waals surface area contributed by atoms with Crippen LogP contribution in [0.4, 0.5) is 11.4 Å². The highest BCUT2D eigenvalue weighted by molar-refractivity contribution is 5.98. The molecule has 1 heterocycles. The largest absolute Gasteiger partial charge is 0.468 e. The number of carbonyl (C=O) groups excluding carboxylic acids is 1. The highest BCUT2D eigenvalue weighted by Crippen LogP contribution is 2.31. The average molecular weight is 289 g/mol. The lowest BCUT2D eigenvalue weighted by Gasteiger charge is -2.23. The lowest BCUT2D eigenvalue weighted by molar-refractivity contribution is -0.383. The molecule has 0 fully saturated rings. The Hall–Kier alpha value is -2.70. The Bertz CT molecular complexity index is 687. The van der Waals surface area contributed by atoms with Crippen LogP contribution in [0.3, 0.4) is 0 Å². The predicted octanol–water partition coefficient (Wildman–Crippen LogP) is 2.14. The maximum absolute atomic E-state index is 11.5.